The minimum Gasteiger partial charge on any atom is -0.379 e. The van der Waals surface area contributed by atoms with Crippen LogP contribution >= 0.6 is 0 Å². The first-order chi connectivity index (χ1) is 14.7. The molecule has 2 aliphatic heterocycles. The second-order valence-corrected chi connectivity index (χ2v) is 7.46. The second-order valence-electron chi connectivity index (χ2n) is 7.46. The Morgan fingerprint density at radius 1 is 0.867 bits per heavy atom. The van der Waals surface area contributed by atoms with Gasteiger partial charge in [-0.05, 0) is 18.2 Å². The van der Waals surface area contributed by atoms with E-state index in [-0.39, 0.29) is 11.7 Å². The fourth-order valence-electron chi connectivity index (χ4n) is 3.78. The number of hydrogen-bond acceptors (Lipinski definition) is 6. The molecule has 0 saturated carbocycles. The third kappa shape index (κ3) is 5.05. The minimum atomic E-state index is -0.0888. The average molecular weight is 409 g/mol. The number of amides is 1. The van der Waals surface area contributed by atoms with Gasteiger partial charge in [0.25, 0.3) is 0 Å². The van der Waals surface area contributed by atoms with Crippen molar-refractivity contribution in [2.75, 3.05) is 69.4 Å². The summed E-state index contributed by atoms with van der Waals surface area (Å²) in [6, 6.07) is 14.8. The zero-order valence-electron chi connectivity index (χ0n) is 17.0. The van der Waals surface area contributed by atoms with Crippen LogP contribution in [0.1, 0.15) is 15.9 Å². The smallest absolute Gasteiger partial charge is 0.238 e. The van der Waals surface area contributed by atoms with E-state index in [1.807, 2.05) is 42.5 Å². The number of benzene rings is 2. The van der Waals surface area contributed by atoms with Gasteiger partial charge in [-0.15, -0.1) is 0 Å². The fourth-order valence-corrected chi connectivity index (χ4v) is 3.78. The number of carbonyl (C=O) groups is 2. The zero-order chi connectivity index (χ0) is 20.8. The van der Waals surface area contributed by atoms with Gasteiger partial charge < -0.3 is 19.7 Å². The number of rotatable bonds is 6. The molecule has 0 unspecified atom stereocenters. The molecule has 2 aromatic rings. The summed E-state index contributed by atoms with van der Waals surface area (Å²) in [6.07, 6.45) is 0. The van der Waals surface area contributed by atoms with E-state index >= 15 is 0 Å². The molecule has 0 aliphatic carbocycles. The fraction of sp³-hybridized carbons (Fsp3) is 0.391. The van der Waals surface area contributed by atoms with E-state index in [4.69, 9.17) is 9.47 Å². The van der Waals surface area contributed by atoms with E-state index in [9.17, 15) is 9.59 Å². The highest BCUT2D eigenvalue weighted by atomic mass is 16.5. The number of morpholine rings is 2. The Kier molecular flexibility index (Phi) is 6.74. The molecule has 2 fully saturated rings. The third-order valence-electron chi connectivity index (χ3n) is 5.38. The zero-order valence-corrected chi connectivity index (χ0v) is 17.0. The van der Waals surface area contributed by atoms with E-state index < -0.39 is 0 Å². The number of anilines is 2. The topological polar surface area (TPSA) is 71.1 Å². The molecule has 4 rings (SSSR count). The highest BCUT2D eigenvalue weighted by Crippen LogP contribution is 2.28. The largest absolute Gasteiger partial charge is 0.379 e. The SMILES string of the molecule is O=C(CN1CCOCC1)Nc1ccc(N2CCOCC2)c(C(=O)c2ccccc2)c1. The van der Waals surface area contributed by atoms with E-state index in [0.29, 0.717) is 49.8 Å². The lowest BCUT2D eigenvalue weighted by atomic mass is 10.00. The van der Waals surface area contributed by atoms with Crippen LogP contribution in [-0.4, -0.2) is 75.7 Å². The number of nitrogens with zero attached hydrogens (tertiary/aromatic N) is 2. The Hall–Kier alpha value is -2.74. The van der Waals surface area contributed by atoms with Crippen molar-refractivity contribution in [3.05, 3.63) is 59.7 Å². The van der Waals surface area contributed by atoms with Crippen molar-refractivity contribution in [2.24, 2.45) is 0 Å². The number of ether oxygens (including phenoxy) is 2. The quantitative estimate of drug-likeness (QED) is 0.736. The number of nitrogens with one attached hydrogen (secondary N) is 1. The molecule has 2 heterocycles. The van der Waals surface area contributed by atoms with Crippen molar-refractivity contribution in [3.63, 3.8) is 0 Å². The van der Waals surface area contributed by atoms with Crippen molar-refractivity contribution < 1.29 is 19.1 Å². The Morgan fingerprint density at radius 3 is 2.23 bits per heavy atom. The Bertz CT molecular complexity index is 875. The van der Waals surface area contributed by atoms with Crippen molar-refractivity contribution in [1.29, 1.82) is 0 Å². The van der Waals surface area contributed by atoms with Crippen LogP contribution in [0.2, 0.25) is 0 Å². The molecule has 1 amide bonds. The number of hydrogen-bond donors (Lipinski definition) is 1. The summed E-state index contributed by atoms with van der Waals surface area (Å²) in [4.78, 5) is 30.0. The van der Waals surface area contributed by atoms with Gasteiger partial charge >= 0.3 is 0 Å². The van der Waals surface area contributed by atoms with Crippen molar-refractivity contribution in [2.45, 2.75) is 0 Å². The molecule has 1 N–H and O–H groups in total. The molecule has 0 aromatic heterocycles. The first kappa shape index (κ1) is 20.5. The van der Waals surface area contributed by atoms with E-state index in [0.717, 1.165) is 31.9 Å². The van der Waals surface area contributed by atoms with Crippen molar-refractivity contribution in [3.8, 4) is 0 Å². The molecule has 0 spiro atoms. The number of ketones is 1. The summed E-state index contributed by atoms with van der Waals surface area (Å²) >= 11 is 0. The molecule has 7 nitrogen and oxygen atoms in total. The summed E-state index contributed by atoms with van der Waals surface area (Å²) in [7, 11) is 0. The van der Waals surface area contributed by atoms with Gasteiger partial charge in [0.05, 0.1) is 33.0 Å². The van der Waals surface area contributed by atoms with Crippen LogP contribution in [0.25, 0.3) is 0 Å². The molecule has 7 heteroatoms. The van der Waals surface area contributed by atoms with Crippen LogP contribution in [0.5, 0.6) is 0 Å². The van der Waals surface area contributed by atoms with Crippen LogP contribution < -0.4 is 10.2 Å². The second kappa shape index (κ2) is 9.84. The van der Waals surface area contributed by atoms with Gasteiger partial charge in [-0.2, -0.15) is 0 Å². The van der Waals surface area contributed by atoms with Crippen LogP contribution in [0.4, 0.5) is 11.4 Å². The van der Waals surface area contributed by atoms with Gasteiger partial charge in [-0.1, -0.05) is 30.3 Å². The van der Waals surface area contributed by atoms with Gasteiger partial charge in [0, 0.05) is 48.7 Å². The maximum atomic E-state index is 13.3. The Morgan fingerprint density at radius 2 is 1.53 bits per heavy atom. The Labute approximate surface area is 176 Å². The predicted octanol–water partition coefficient (Wildman–Crippen LogP) is 2.02. The third-order valence-corrected chi connectivity index (χ3v) is 5.38. The van der Waals surface area contributed by atoms with Gasteiger partial charge in [0.1, 0.15) is 0 Å². The van der Waals surface area contributed by atoms with Gasteiger partial charge in [-0.25, -0.2) is 0 Å². The van der Waals surface area contributed by atoms with E-state index in [1.165, 1.54) is 0 Å². The van der Waals surface area contributed by atoms with Crippen molar-refractivity contribution >= 4 is 23.1 Å². The van der Waals surface area contributed by atoms with Crippen LogP contribution in [0.3, 0.4) is 0 Å². The van der Waals surface area contributed by atoms with Crippen LogP contribution in [-0.2, 0) is 14.3 Å². The average Bonchev–Trinajstić information content (AvgIpc) is 2.80. The lowest BCUT2D eigenvalue weighted by molar-refractivity contribution is -0.118. The molecule has 0 bridgehead atoms. The normalized spacial score (nSPS) is 17.5. The first-order valence-corrected chi connectivity index (χ1v) is 10.4. The van der Waals surface area contributed by atoms with Crippen LogP contribution in [0, 0.1) is 0 Å². The molecular weight excluding hydrogens is 382 g/mol. The van der Waals surface area contributed by atoms with Crippen molar-refractivity contribution in [1.82, 2.24) is 4.90 Å². The van der Waals surface area contributed by atoms with Gasteiger partial charge in [0.2, 0.25) is 5.91 Å². The monoisotopic (exact) mass is 409 g/mol. The lowest BCUT2D eigenvalue weighted by Gasteiger charge is -2.30. The molecule has 158 valence electrons. The van der Waals surface area contributed by atoms with E-state index in [1.54, 1.807) is 6.07 Å². The summed E-state index contributed by atoms with van der Waals surface area (Å²) in [5.41, 5.74) is 2.72. The van der Waals surface area contributed by atoms with Crippen LogP contribution in [0.15, 0.2) is 48.5 Å². The summed E-state index contributed by atoms with van der Waals surface area (Å²) < 4.78 is 10.8. The molecule has 30 heavy (non-hydrogen) atoms. The lowest BCUT2D eigenvalue weighted by Crippen LogP contribution is -2.41. The highest BCUT2D eigenvalue weighted by molar-refractivity contribution is 6.13. The maximum Gasteiger partial charge on any atom is 0.238 e. The minimum absolute atomic E-state index is 0.0543. The standard InChI is InChI=1S/C23H27N3O4/c27-22(17-25-8-12-29-13-9-25)24-19-6-7-21(26-10-14-30-15-11-26)20(16-19)23(28)18-4-2-1-3-5-18/h1-7,16H,8-15,17H2,(H,24,27). The Balaban J connectivity index is 1.56. The molecule has 0 atom stereocenters. The predicted molar refractivity (Wildman–Crippen MR) is 115 cm³/mol. The first-order valence-electron chi connectivity index (χ1n) is 10.4. The molecule has 0 radical (unpaired) electrons. The maximum absolute atomic E-state index is 13.3. The highest BCUT2D eigenvalue weighted by Gasteiger charge is 2.21. The van der Waals surface area contributed by atoms with E-state index in [2.05, 4.69) is 15.1 Å². The summed E-state index contributed by atoms with van der Waals surface area (Å²) in [5.74, 6) is -0.143. The van der Waals surface area contributed by atoms with Gasteiger partial charge in [0.15, 0.2) is 5.78 Å². The van der Waals surface area contributed by atoms with Gasteiger partial charge in [-0.3, -0.25) is 14.5 Å². The summed E-state index contributed by atoms with van der Waals surface area (Å²) in [5, 5.41) is 2.95. The summed E-state index contributed by atoms with van der Waals surface area (Å²) in [6.45, 7) is 5.86. The molecule has 2 aromatic carbocycles. The molecular formula is C23H27N3O4. The molecule has 2 aliphatic rings. The molecule has 2 saturated heterocycles. The number of carbonyl (C=O) groups excluding carboxylic acids is 2.